The molecule has 0 atom stereocenters. The van der Waals surface area contributed by atoms with Gasteiger partial charge in [-0.2, -0.15) is 0 Å². The van der Waals surface area contributed by atoms with E-state index in [1.54, 1.807) is 0 Å². The SMILES string of the molecule is CS(=O)(=O)CCCC(=O)Cc1ccc(F)c(F)c1. The third-order valence-corrected chi connectivity index (χ3v) is 3.39. The molecule has 0 aliphatic rings. The number of sulfone groups is 1. The van der Waals surface area contributed by atoms with Crippen molar-refractivity contribution in [1.82, 2.24) is 0 Å². The third kappa shape index (κ3) is 5.35. The van der Waals surface area contributed by atoms with Crippen LogP contribution in [0.3, 0.4) is 0 Å². The van der Waals surface area contributed by atoms with Crippen LogP contribution in [0, 0.1) is 11.6 Å². The molecule has 1 aromatic carbocycles. The zero-order valence-corrected chi connectivity index (χ0v) is 10.8. The third-order valence-electron chi connectivity index (χ3n) is 2.36. The van der Waals surface area contributed by atoms with E-state index in [1.807, 2.05) is 0 Å². The summed E-state index contributed by atoms with van der Waals surface area (Å²) in [6.45, 7) is 0. The summed E-state index contributed by atoms with van der Waals surface area (Å²) in [4.78, 5) is 11.5. The van der Waals surface area contributed by atoms with Crippen LogP contribution in [0.4, 0.5) is 8.78 Å². The monoisotopic (exact) mass is 276 g/mol. The lowest BCUT2D eigenvalue weighted by Crippen LogP contribution is -2.08. The van der Waals surface area contributed by atoms with E-state index in [4.69, 9.17) is 0 Å². The zero-order valence-electron chi connectivity index (χ0n) is 9.95. The van der Waals surface area contributed by atoms with Gasteiger partial charge in [0.15, 0.2) is 11.6 Å². The Kier molecular flexibility index (Phi) is 4.95. The van der Waals surface area contributed by atoms with Crippen molar-refractivity contribution in [2.45, 2.75) is 19.3 Å². The molecule has 0 saturated heterocycles. The van der Waals surface area contributed by atoms with Crippen LogP contribution >= 0.6 is 0 Å². The largest absolute Gasteiger partial charge is 0.299 e. The topological polar surface area (TPSA) is 51.2 Å². The van der Waals surface area contributed by atoms with Crippen molar-refractivity contribution in [1.29, 1.82) is 0 Å². The average molecular weight is 276 g/mol. The highest BCUT2D eigenvalue weighted by atomic mass is 32.2. The molecule has 0 amide bonds. The highest BCUT2D eigenvalue weighted by molar-refractivity contribution is 7.90. The molecule has 6 heteroatoms. The molecule has 0 N–H and O–H groups in total. The number of benzene rings is 1. The van der Waals surface area contributed by atoms with Gasteiger partial charge in [-0.3, -0.25) is 4.79 Å². The van der Waals surface area contributed by atoms with Crippen LogP contribution in [-0.4, -0.2) is 26.2 Å². The van der Waals surface area contributed by atoms with Gasteiger partial charge >= 0.3 is 0 Å². The van der Waals surface area contributed by atoms with Crippen LogP contribution < -0.4 is 0 Å². The number of Topliss-reactive ketones (excluding diaryl/α,β-unsaturated/α-hetero) is 1. The lowest BCUT2D eigenvalue weighted by Gasteiger charge is -2.02. The van der Waals surface area contributed by atoms with E-state index in [2.05, 4.69) is 0 Å². The van der Waals surface area contributed by atoms with Crippen molar-refractivity contribution < 1.29 is 22.0 Å². The maximum Gasteiger partial charge on any atom is 0.159 e. The Labute approximate surface area is 105 Å². The minimum Gasteiger partial charge on any atom is -0.299 e. The maximum absolute atomic E-state index is 12.9. The Morgan fingerprint density at radius 2 is 1.89 bits per heavy atom. The molecule has 0 heterocycles. The van der Waals surface area contributed by atoms with Gasteiger partial charge < -0.3 is 0 Å². The number of carbonyl (C=O) groups excluding carboxylic acids is 1. The highest BCUT2D eigenvalue weighted by Crippen LogP contribution is 2.10. The van der Waals surface area contributed by atoms with Gasteiger partial charge in [0.1, 0.15) is 15.6 Å². The van der Waals surface area contributed by atoms with Gasteiger partial charge in [0.2, 0.25) is 0 Å². The number of ketones is 1. The fourth-order valence-electron chi connectivity index (χ4n) is 1.50. The number of halogens is 2. The number of carbonyl (C=O) groups is 1. The number of hydrogen-bond acceptors (Lipinski definition) is 3. The lowest BCUT2D eigenvalue weighted by molar-refractivity contribution is -0.118. The summed E-state index contributed by atoms with van der Waals surface area (Å²) < 4.78 is 47.2. The molecule has 0 radical (unpaired) electrons. The van der Waals surface area contributed by atoms with E-state index in [0.29, 0.717) is 5.56 Å². The lowest BCUT2D eigenvalue weighted by atomic mass is 10.1. The van der Waals surface area contributed by atoms with Gasteiger partial charge in [-0.25, -0.2) is 17.2 Å². The quantitative estimate of drug-likeness (QED) is 0.797. The smallest absolute Gasteiger partial charge is 0.159 e. The summed E-state index contributed by atoms with van der Waals surface area (Å²) >= 11 is 0. The summed E-state index contributed by atoms with van der Waals surface area (Å²) in [5.74, 6) is -2.18. The summed E-state index contributed by atoms with van der Waals surface area (Å²) in [7, 11) is -3.07. The van der Waals surface area contributed by atoms with E-state index in [0.717, 1.165) is 18.4 Å². The molecule has 1 rings (SSSR count). The fourth-order valence-corrected chi connectivity index (χ4v) is 2.17. The Morgan fingerprint density at radius 3 is 2.44 bits per heavy atom. The molecule has 1 aromatic rings. The average Bonchev–Trinajstić information content (AvgIpc) is 2.21. The molecule has 0 aromatic heterocycles. The molecule has 0 aliphatic heterocycles. The second-order valence-corrected chi connectivity index (χ2v) is 6.46. The molecular formula is C12H14F2O3S. The fraction of sp³-hybridized carbons (Fsp3) is 0.417. The molecule has 3 nitrogen and oxygen atoms in total. The highest BCUT2D eigenvalue weighted by Gasteiger charge is 2.09. The van der Waals surface area contributed by atoms with E-state index < -0.39 is 21.5 Å². The van der Waals surface area contributed by atoms with E-state index in [1.165, 1.54) is 6.07 Å². The molecule has 18 heavy (non-hydrogen) atoms. The molecule has 0 unspecified atom stereocenters. The molecule has 100 valence electrons. The first-order chi connectivity index (χ1) is 8.28. The van der Waals surface area contributed by atoms with E-state index >= 15 is 0 Å². The molecule has 0 aliphatic carbocycles. The molecular weight excluding hydrogens is 262 g/mol. The Morgan fingerprint density at radius 1 is 1.22 bits per heavy atom. The first kappa shape index (κ1) is 14.8. The van der Waals surface area contributed by atoms with Crippen molar-refractivity contribution >= 4 is 15.6 Å². The van der Waals surface area contributed by atoms with Gasteiger partial charge in [0.25, 0.3) is 0 Å². The minimum atomic E-state index is -3.07. The number of hydrogen-bond donors (Lipinski definition) is 0. The minimum absolute atomic E-state index is 0.0129. The summed E-state index contributed by atoms with van der Waals surface area (Å²) in [5.41, 5.74) is 0.387. The first-order valence-corrected chi connectivity index (χ1v) is 7.47. The standard InChI is InChI=1S/C12H14F2O3S/c1-18(16,17)6-2-3-10(15)7-9-4-5-11(13)12(14)8-9/h4-5,8H,2-3,6-7H2,1H3. The molecule has 0 bridgehead atoms. The predicted molar refractivity (Wildman–Crippen MR) is 64.0 cm³/mol. The Bertz CT molecular complexity index is 538. The van der Waals surface area contributed by atoms with Gasteiger partial charge in [-0.05, 0) is 24.1 Å². The predicted octanol–water partition coefficient (Wildman–Crippen LogP) is 1.90. The van der Waals surface area contributed by atoms with Crippen molar-refractivity contribution in [3.63, 3.8) is 0 Å². The summed E-state index contributed by atoms with van der Waals surface area (Å²) in [6.07, 6.45) is 1.46. The second-order valence-electron chi connectivity index (χ2n) is 4.20. The molecule has 0 fully saturated rings. The summed E-state index contributed by atoms with van der Waals surface area (Å²) in [5, 5.41) is 0. The van der Waals surface area contributed by atoms with Crippen molar-refractivity contribution in [2.75, 3.05) is 12.0 Å². The second kappa shape index (κ2) is 6.04. The van der Waals surface area contributed by atoms with Crippen LogP contribution in [0.2, 0.25) is 0 Å². The van der Waals surface area contributed by atoms with Crippen molar-refractivity contribution in [3.8, 4) is 0 Å². The van der Waals surface area contributed by atoms with E-state index in [9.17, 15) is 22.0 Å². The van der Waals surface area contributed by atoms with Crippen LogP contribution in [-0.2, 0) is 21.1 Å². The van der Waals surface area contributed by atoms with Crippen LogP contribution in [0.15, 0.2) is 18.2 Å². The van der Waals surface area contributed by atoms with Crippen molar-refractivity contribution in [3.05, 3.63) is 35.4 Å². The van der Waals surface area contributed by atoms with Crippen LogP contribution in [0.25, 0.3) is 0 Å². The zero-order chi connectivity index (χ0) is 13.8. The Balaban J connectivity index is 2.47. The normalized spacial score (nSPS) is 11.5. The van der Waals surface area contributed by atoms with Gasteiger partial charge in [0, 0.05) is 19.1 Å². The molecule has 0 saturated carbocycles. The van der Waals surface area contributed by atoms with Crippen LogP contribution in [0.5, 0.6) is 0 Å². The summed E-state index contributed by atoms with van der Waals surface area (Å²) in [6, 6.07) is 3.28. The first-order valence-electron chi connectivity index (χ1n) is 5.41. The number of rotatable bonds is 6. The maximum atomic E-state index is 12.9. The van der Waals surface area contributed by atoms with Gasteiger partial charge in [0.05, 0.1) is 5.75 Å². The molecule has 0 spiro atoms. The van der Waals surface area contributed by atoms with Crippen LogP contribution in [0.1, 0.15) is 18.4 Å². The van der Waals surface area contributed by atoms with Gasteiger partial charge in [-0.15, -0.1) is 0 Å². The van der Waals surface area contributed by atoms with Gasteiger partial charge in [-0.1, -0.05) is 6.07 Å². The Hall–Kier alpha value is -1.30. The van der Waals surface area contributed by atoms with Crippen molar-refractivity contribution in [2.24, 2.45) is 0 Å². The van der Waals surface area contributed by atoms with E-state index in [-0.39, 0.29) is 30.8 Å².